The van der Waals surface area contributed by atoms with E-state index in [0.29, 0.717) is 18.5 Å². The van der Waals surface area contributed by atoms with Crippen molar-refractivity contribution in [3.63, 3.8) is 0 Å². The molecule has 2 aromatic carbocycles. The third-order valence-electron chi connectivity index (χ3n) is 6.03. The Morgan fingerprint density at radius 1 is 0.947 bits per heavy atom. The Bertz CT molecular complexity index is 1280. The fourth-order valence-corrected chi connectivity index (χ4v) is 4.00. The Balaban J connectivity index is 1.73. The topological polar surface area (TPSA) is 222 Å². The van der Waals surface area contributed by atoms with Crippen LogP contribution in [0.3, 0.4) is 0 Å². The van der Waals surface area contributed by atoms with Crippen LogP contribution in [0.2, 0.25) is 0 Å². The van der Waals surface area contributed by atoms with Crippen molar-refractivity contribution < 1.29 is 24.6 Å². The Labute approximate surface area is 219 Å². The molecule has 1 aromatic heterocycles. The number of hydrogen-bond donors (Lipinski definition) is 8. The molecule has 0 radical (unpaired) electrons. The monoisotopic (exact) mass is 523 g/mol. The molecule has 12 heteroatoms. The van der Waals surface area contributed by atoms with Crippen molar-refractivity contribution >= 4 is 34.6 Å². The second-order valence-electron chi connectivity index (χ2n) is 8.95. The summed E-state index contributed by atoms with van der Waals surface area (Å²) in [6.07, 6.45) is 2.53. The molecule has 0 aliphatic heterocycles. The van der Waals surface area contributed by atoms with Crippen LogP contribution in [0, 0.1) is 0 Å². The maximum Gasteiger partial charge on any atom is 0.326 e. The number of aromatic hydroxyl groups is 1. The summed E-state index contributed by atoms with van der Waals surface area (Å²) < 4.78 is 0. The number of nitrogens with zero attached hydrogens (tertiary/aromatic N) is 1. The number of para-hydroxylation sites is 1. The smallest absolute Gasteiger partial charge is 0.326 e. The minimum Gasteiger partial charge on any atom is -0.508 e. The molecular formula is C26H33N7O5. The third kappa shape index (κ3) is 7.96. The van der Waals surface area contributed by atoms with Crippen LogP contribution in [0.15, 0.2) is 59.7 Å². The molecule has 0 saturated heterocycles. The highest BCUT2D eigenvalue weighted by Gasteiger charge is 2.29. The number of carboxylic acids is 1. The highest BCUT2D eigenvalue weighted by molar-refractivity contribution is 5.92. The molecule has 11 N–H and O–H groups in total. The molecule has 3 rings (SSSR count). The van der Waals surface area contributed by atoms with Crippen molar-refractivity contribution in [3.8, 4) is 5.75 Å². The Morgan fingerprint density at radius 2 is 1.63 bits per heavy atom. The Kier molecular flexibility index (Phi) is 9.66. The normalized spacial score (nSPS) is 13.3. The minimum absolute atomic E-state index is 0.0370. The molecule has 0 spiro atoms. The highest BCUT2D eigenvalue weighted by Crippen LogP contribution is 2.19. The average molecular weight is 524 g/mol. The van der Waals surface area contributed by atoms with Gasteiger partial charge in [0.1, 0.15) is 17.8 Å². The Morgan fingerprint density at radius 3 is 2.32 bits per heavy atom. The van der Waals surface area contributed by atoms with E-state index in [1.54, 1.807) is 18.3 Å². The number of aromatic nitrogens is 1. The highest BCUT2D eigenvalue weighted by atomic mass is 16.4. The lowest BCUT2D eigenvalue weighted by Gasteiger charge is -2.23. The summed E-state index contributed by atoms with van der Waals surface area (Å²) in [5.41, 5.74) is 18.8. The molecule has 0 aliphatic carbocycles. The van der Waals surface area contributed by atoms with Crippen LogP contribution in [0.25, 0.3) is 10.9 Å². The van der Waals surface area contributed by atoms with Crippen LogP contribution in [0.4, 0.5) is 0 Å². The summed E-state index contributed by atoms with van der Waals surface area (Å²) in [6.45, 7) is 0.300. The number of carbonyl (C=O) groups is 3. The van der Waals surface area contributed by atoms with Crippen molar-refractivity contribution in [2.24, 2.45) is 22.2 Å². The zero-order valence-corrected chi connectivity index (χ0v) is 20.8. The lowest BCUT2D eigenvalue weighted by Crippen LogP contribution is -2.55. The molecule has 3 unspecified atom stereocenters. The van der Waals surface area contributed by atoms with Gasteiger partial charge in [0.05, 0.1) is 6.04 Å². The van der Waals surface area contributed by atoms with Gasteiger partial charge in [-0.25, -0.2) is 4.79 Å². The third-order valence-corrected chi connectivity index (χ3v) is 6.03. The van der Waals surface area contributed by atoms with Gasteiger partial charge in [-0.3, -0.25) is 14.6 Å². The average Bonchev–Trinajstić information content (AvgIpc) is 3.29. The molecule has 0 fully saturated rings. The van der Waals surface area contributed by atoms with Crippen LogP contribution in [-0.2, 0) is 27.2 Å². The van der Waals surface area contributed by atoms with Crippen molar-refractivity contribution in [1.29, 1.82) is 0 Å². The summed E-state index contributed by atoms with van der Waals surface area (Å²) in [7, 11) is 0. The first kappa shape index (κ1) is 28.0. The van der Waals surface area contributed by atoms with Gasteiger partial charge in [-0.05, 0) is 42.2 Å². The fourth-order valence-electron chi connectivity index (χ4n) is 4.00. The zero-order chi connectivity index (χ0) is 27.7. The van der Waals surface area contributed by atoms with Crippen LogP contribution in [-0.4, -0.2) is 63.6 Å². The standard InChI is InChI=1S/C26H33N7O5/c27-19(5-3-11-30-26(28)29)23(35)32-21(12-15-7-9-17(34)10-8-15)24(36)33-22(25(37)38)13-16-14-31-20-6-2-1-4-18(16)20/h1-2,4,6-10,14,19,21-22,31,34H,3,5,11-13,27H2,(H,32,35)(H,33,36)(H,37,38)(H4,28,29,30). The molecule has 3 aromatic rings. The molecule has 0 aliphatic rings. The van der Waals surface area contributed by atoms with Crippen LogP contribution in [0.5, 0.6) is 5.75 Å². The minimum atomic E-state index is -1.24. The number of aliphatic imine (C=N–C) groups is 1. The van der Waals surface area contributed by atoms with Gasteiger partial charge in [-0.15, -0.1) is 0 Å². The number of guanidine groups is 1. The number of aliphatic carboxylic acids is 1. The molecule has 202 valence electrons. The van der Waals surface area contributed by atoms with E-state index in [1.165, 1.54) is 12.1 Å². The quantitative estimate of drug-likeness (QED) is 0.0869. The SMILES string of the molecule is NC(N)=NCCCC(N)C(=O)NC(Cc1ccc(O)cc1)C(=O)NC(Cc1c[nH]c2ccccc12)C(=O)O. The predicted molar refractivity (Wildman–Crippen MR) is 143 cm³/mol. The van der Waals surface area contributed by atoms with E-state index in [9.17, 15) is 24.6 Å². The maximum atomic E-state index is 13.3. The summed E-state index contributed by atoms with van der Waals surface area (Å²) in [5.74, 6) is -2.47. The van der Waals surface area contributed by atoms with Crippen LogP contribution < -0.4 is 27.8 Å². The van der Waals surface area contributed by atoms with Crippen molar-refractivity contribution in [1.82, 2.24) is 15.6 Å². The maximum absolute atomic E-state index is 13.3. The summed E-state index contributed by atoms with van der Waals surface area (Å²) in [4.78, 5) is 45.1. The number of phenols is 1. The second kappa shape index (κ2) is 13.1. The van der Waals surface area contributed by atoms with E-state index in [2.05, 4.69) is 20.6 Å². The number of nitrogens with one attached hydrogen (secondary N) is 3. The molecule has 12 nitrogen and oxygen atoms in total. The fraction of sp³-hybridized carbons (Fsp3) is 0.308. The number of hydrogen-bond acceptors (Lipinski definition) is 6. The van der Waals surface area contributed by atoms with Crippen LogP contribution >= 0.6 is 0 Å². The van der Waals surface area contributed by atoms with Gasteiger partial charge >= 0.3 is 5.97 Å². The number of aromatic amines is 1. The van der Waals surface area contributed by atoms with Gasteiger partial charge in [0.15, 0.2) is 5.96 Å². The van der Waals surface area contributed by atoms with Crippen LogP contribution in [0.1, 0.15) is 24.0 Å². The summed E-state index contributed by atoms with van der Waals surface area (Å²) >= 11 is 0. The molecule has 0 saturated carbocycles. The van der Waals surface area contributed by atoms with Crippen molar-refractivity contribution in [2.75, 3.05) is 6.54 Å². The van der Waals surface area contributed by atoms with E-state index in [4.69, 9.17) is 17.2 Å². The van der Waals surface area contributed by atoms with Gasteiger partial charge in [-0.2, -0.15) is 0 Å². The first-order valence-electron chi connectivity index (χ1n) is 12.1. The number of nitrogens with two attached hydrogens (primary N) is 3. The number of fused-ring (bicyclic) bond motifs is 1. The first-order chi connectivity index (χ1) is 18.1. The van der Waals surface area contributed by atoms with Gasteiger partial charge in [0, 0.05) is 36.5 Å². The van der Waals surface area contributed by atoms with E-state index >= 15 is 0 Å². The summed E-state index contributed by atoms with van der Waals surface area (Å²) in [5, 5.41) is 25.5. The van der Waals surface area contributed by atoms with Gasteiger partial charge < -0.3 is 43.0 Å². The van der Waals surface area contributed by atoms with E-state index in [1.807, 2.05) is 24.3 Å². The van der Waals surface area contributed by atoms with Gasteiger partial charge in [0.25, 0.3) is 0 Å². The van der Waals surface area contributed by atoms with E-state index < -0.39 is 35.9 Å². The number of benzene rings is 2. The first-order valence-corrected chi connectivity index (χ1v) is 12.1. The van der Waals surface area contributed by atoms with E-state index in [-0.39, 0.29) is 31.0 Å². The van der Waals surface area contributed by atoms with Crippen molar-refractivity contribution in [3.05, 3.63) is 65.9 Å². The number of carboxylic acid groups (broad SMARTS) is 1. The lowest BCUT2D eigenvalue weighted by molar-refractivity contribution is -0.142. The van der Waals surface area contributed by atoms with Gasteiger partial charge in [0.2, 0.25) is 11.8 Å². The number of amides is 2. The number of H-pyrrole nitrogens is 1. The molecule has 2 amide bonds. The second-order valence-corrected chi connectivity index (χ2v) is 8.95. The summed E-state index contributed by atoms with van der Waals surface area (Å²) in [6, 6.07) is 10.3. The molecule has 1 heterocycles. The number of rotatable bonds is 13. The lowest BCUT2D eigenvalue weighted by atomic mass is 10.0. The number of carbonyl (C=O) groups excluding carboxylic acids is 2. The van der Waals surface area contributed by atoms with Crippen molar-refractivity contribution in [2.45, 2.75) is 43.8 Å². The Hall–Kier alpha value is -4.58. The molecule has 38 heavy (non-hydrogen) atoms. The predicted octanol–water partition coefficient (Wildman–Crippen LogP) is 0.0938. The molecular weight excluding hydrogens is 490 g/mol. The van der Waals surface area contributed by atoms with E-state index in [0.717, 1.165) is 16.5 Å². The largest absolute Gasteiger partial charge is 0.508 e. The molecule has 3 atom stereocenters. The number of phenolic OH excluding ortho intramolecular Hbond substituents is 1. The zero-order valence-electron chi connectivity index (χ0n) is 20.8. The van der Waals surface area contributed by atoms with Gasteiger partial charge in [-0.1, -0.05) is 30.3 Å². The molecule has 0 bridgehead atoms.